The lowest BCUT2D eigenvalue weighted by Gasteiger charge is -2.28. The first-order chi connectivity index (χ1) is 10.7. The highest BCUT2D eigenvalue weighted by molar-refractivity contribution is 5.87. The van der Waals surface area contributed by atoms with Gasteiger partial charge in [0, 0.05) is 19.6 Å². The molecule has 1 heterocycles. The standard InChI is InChI=1S/C18H19NO3/c20-18(21)15-5-7-17(8-6-15)22-12-11-19-10-9-14-3-1-2-4-16(14)13-19/h1-8H,9-13H2,(H,20,21). The average molecular weight is 297 g/mol. The molecule has 1 N–H and O–H groups in total. The van der Waals surface area contributed by atoms with Crippen molar-refractivity contribution in [1.82, 2.24) is 4.90 Å². The minimum Gasteiger partial charge on any atom is -0.492 e. The summed E-state index contributed by atoms with van der Waals surface area (Å²) >= 11 is 0. The van der Waals surface area contributed by atoms with E-state index in [2.05, 4.69) is 29.2 Å². The van der Waals surface area contributed by atoms with Gasteiger partial charge in [-0.2, -0.15) is 0 Å². The molecule has 0 aliphatic carbocycles. The molecule has 1 aliphatic heterocycles. The van der Waals surface area contributed by atoms with E-state index in [9.17, 15) is 4.79 Å². The Morgan fingerprint density at radius 3 is 2.55 bits per heavy atom. The monoisotopic (exact) mass is 297 g/mol. The fourth-order valence-corrected chi connectivity index (χ4v) is 2.73. The van der Waals surface area contributed by atoms with E-state index in [1.165, 1.54) is 11.1 Å². The molecule has 0 saturated carbocycles. The van der Waals surface area contributed by atoms with Crippen molar-refractivity contribution < 1.29 is 14.6 Å². The molecule has 114 valence electrons. The van der Waals surface area contributed by atoms with E-state index < -0.39 is 5.97 Å². The molecule has 3 rings (SSSR count). The highest BCUT2D eigenvalue weighted by Crippen LogP contribution is 2.18. The Labute approximate surface area is 130 Å². The van der Waals surface area contributed by atoms with Crippen molar-refractivity contribution in [3.8, 4) is 5.75 Å². The van der Waals surface area contributed by atoms with Crippen LogP contribution in [0.5, 0.6) is 5.75 Å². The van der Waals surface area contributed by atoms with E-state index in [-0.39, 0.29) is 5.56 Å². The summed E-state index contributed by atoms with van der Waals surface area (Å²) in [5.74, 6) is -0.207. The molecule has 0 fully saturated rings. The predicted octanol–water partition coefficient (Wildman–Crippen LogP) is 2.82. The molecule has 2 aromatic carbocycles. The van der Waals surface area contributed by atoms with Crippen molar-refractivity contribution in [2.75, 3.05) is 19.7 Å². The molecular formula is C18H19NO3. The number of hydrogen-bond acceptors (Lipinski definition) is 3. The Kier molecular flexibility index (Phi) is 4.39. The molecule has 2 aromatic rings. The molecule has 0 unspecified atom stereocenters. The highest BCUT2D eigenvalue weighted by Gasteiger charge is 2.15. The second kappa shape index (κ2) is 6.62. The van der Waals surface area contributed by atoms with E-state index >= 15 is 0 Å². The molecule has 0 bridgehead atoms. The van der Waals surface area contributed by atoms with Crippen LogP contribution in [0.25, 0.3) is 0 Å². The molecule has 0 spiro atoms. The topological polar surface area (TPSA) is 49.8 Å². The van der Waals surface area contributed by atoms with Crippen molar-refractivity contribution in [2.24, 2.45) is 0 Å². The Morgan fingerprint density at radius 2 is 1.82 bits per heavy atom. The third kappa shape index (κ3) is 3.46. The maximum Gasteiger partial charge on any atom is 0.335 e. The zero-order valence-corrected chi connectivity index (χ0v) is 12.4. The largest absolute Gasteiger partial charge is 0.492 e. The summed E-state index contributed by atoms with van der Waals surface area (Å²) in [6.07, 6.45) is 1.09. The summed E-state index contributed by atoms with van der Waals surface area (Å²) in [6.45, 7) is 3.50. The van der Waals surface area contributed by atoms with Crippen molar-refractivity contribution >= 4 is 5.97 Å². The van der Waals surface area contributed by atoms with E-state index in [1.807, 2.05) is 0 Å². The van der Waals surface area contributed by atoms with Crippen LogP contribution in [-0.4, -0.2) is 35.7 Å². The van der Waals surface area contributed by atoms with Crippen molar-refractivity contribution in [3.05, 3.63) is 65.2 Å². The van der Waals surface area contributed by atoms with Gasteiger partial charge in [-0.05, 0) is 41.8 Å². The summed E-state index contributed by atoms with van der Waals surface area (Å²) in [5.41, 5.74) is 3.13. The Balaban J connectivity index is 1.49. The fourth-order valence-electron chi connectivity index (χ4n) is 2.73. The highest BCUT2D eigenvalue weighted by atomic mass is 16.5. The predicted molar refractivity (Wildman–Crippen MR) is 84.3 cm³/mol. The van der Waals surface area contributed by atoms with Crippen molar-refractivity contribution in [3.63, 3.8) is 0 Å². The Morgan fingerprint density at radius 1 is 1.09 bits per heavy atom. The molecule has 0 radical (unpaired) electrons. The van der Waals surface area contributed by atoms with Crippen LogP contribution in [0.1, 0.15) is 21.5 Å². The van der Waals surface area contributed by atoms with Gasteiger partial charge in [-0.3, -0.25) is 4.90 Å². The number of fused-ring (bicyclic) bond motifs is 1. The van der Waals surface area contributed by atoms with Crippen LogP contribution >= 0.6 is 0 Å². The molecule has 0 aromatic heterocycles. The third-order valence-corrected chi connectivity index (χ3v) is 3.99. The van der Waals surface area contributed by atoms with E-state index in [0.29, 0.717) is 12.4 Å². The molecule has 4 heteroatoms. The van der Waals surface area contributed by atoms with Gasteiger partial charge in [-0.25, -0.2) is 4.79 Å². The smallest absolute Gasteiger partial charge is 0.335 e. The van der Waals surface area contributed by atoms with E-state index in [1.54, 1.807) is 24.3 Å². The third-order valence-electron chi connectivity index (χ3n) is 3.99. The first kappa shape index (κ1) is 14.6. The molecule has 1 aliphatic rings. The van der Waals surface area contributed by atoms with Crippen molar-refractivity contribution in [1.29, 1.82) is 0 Å². The number of rotatable bonds is 5. The molecule has 0 atom stereocenters. The van der Waals surface area contributed by atoms with Gasteiger partial charge in [0.05, 0.1) is 5.56 Å². The number of ether oxygens (including phenoxy) is 1. The van der Waals surface area contributed by atoms with Gasteiger partial charge in [0.25, 0.3) is 0 Å². The first-order valence-corrected chi connectivity index (χ1v) is 7.48. The van der Waals surface area contributed by atoms with Crippen molar-refractivity contribution in [2.45, 2.75) is 13.0 Å². The quantitative estimate of drug-likeness (QED) is 0.922. The number of hydrogen-bond donors (Lipinski definition) is 1. The fraction of sp³-hybridized carbons (Fsp3) is 0.278. The van der Waals surface area contributed by atoms with Gasteiger partial charge in [0.15, 0.2) is 0 Å². The summed E-state index contributed by atoms with van der Waals surface area (Å²) < 4.78 is 5.70. The summed E-state index contributed by atoms with van der Waals surface area (Å²) in [5, 5.41) is 8.85. The van der Waals surface area contributed by atoms with E-state index in [4.69, 9.17) is 9.84 Å². The van der Waals surface area contributed by atoms with Gasteiger partial charge >= 0.3 is 5.97 Å². The maximum atomic E-state index is 10.8. The Bertz CT molecular complexity index is 652. The lowest BCUT2D eigenvalue weighted by Crippen LogP contribution is -2.33. The number of benzene rings is 2. The van der Waals surface area contributed by atoms with Gasteiger partial charge in [0.1, 0.15) is 12.4 Å². The van der Waals surface area contributed by atoms with E-state index in [0.717, 1.165) is 26.1 Å². The van der Waals surface area contributed by atoms with Gasteiger partial charge in [-0.15, -0.1) is 0 Å². The van der Waals surface area contributed by atoms with Crippen LogP contribution in [0.3, 0.4) is 0 Å². The van der Waals surface area contributed by atoms with Crippen LogP contribution in [0.2, 0.25) is 0 Å². The van der Waals surface area contributed by atoms with Crippen LogP contribution in [0.4, 0.5) is 0 Å². The van der Waals surface area contributed by atoms with Crippen LogP contribution < -0.4 is 4.74 Å². The second-order valence-electron chi connectivity index (χ2n) is 5.47. The molecular weight excluding hydrogens is 278 g/mol. The number of carboxylic acids is 1. The Hall–Kier alpha value is -2.33. The molecule has 22 heavy (non-hydrogen) atoms. The van der Waals surface area contributed by atoms with Crippen LogP contribution in [-0.2, 0) is 13.0 Å². The average Bonchev–Trinajstić information content (AvgIpc) is 2.55. The zero-order chi connectivity index (χ0) is 15.4. The van der Waals surface area contributed by atoms with Crippen LogP contribution in [0.15, 0.2) is 48.5 Å². The minimum absolute atomic E-state index is 0.278. The zero-order valence-electron chi connectivity index (χ0n) is 12.4. The lowest BCUT2D eigenvalue weighted by molar-refractivity contribution is 0.0697. The lowest BCUT2D eigenvalue weighted by atomic mass is 10.0. The summed E-state index contributed by atoms with van der Waals surface area (Å²) in [4.78, 5) is 13.2. The first-order valence-electron chi connectivity index (χ1n) is 7.48. The number of carbonyl (C=O) groups is 1. The number of carboxylic acid groups (broad SMARTS) is 1. The summed E-state index contributed by atoms with van der Waals surface area (Å²) in [6, 6.07) is 15.1. The van der Waals surface area contributed by atoms with Gasteiger partial charge in [0.2, 0.25) is 0 Å². The minimum atomic E-state index is -0.918. The number of aromatic carboxylic acids is 1. The molecule has 0 amide bonds. The maximum absolute atomic E-state index is 10.8. The number of nitrogens with zero attached hydrogens (tertiary/aromatic N) is 1. The second-order valence-corrected chi connectivity index (χ2v) is 5.47. The van der Waals surface area contributed by atoms with Gasteiger partial charge in [-0.1, -0.05) is 24.3 Å². The molecule has 0 saturated heterocycles. The molecule has 4 nitrogen and oxygen atoms in total. The summed E-state index contributed by atoms with van der Waals surface area (Å²) in [7, 11) is 0. The normalized spacial score (nSPS) is 14.4. The SMILES string of the molecule is O=C(O)c1ccc(OCCN2CCc3ccccc3C2)cc1. The van der Waals surface area contributed by atoms with Gasteiger partial charge < -0.3 is 9.84 Å². The van der Waals surface area contributed by atoms with Crippen LogP contribution in [0, 0.1) is 0 Å².